The average molecular weight is 227 g/mol. The number of halogens is 2. The van der Waals surface area contributed by atoms with Crippen molar-refractivity contribution in [1.29, 1.82) is 0 Å². The van der Waals surface area contributed by atoms with Crippen LogP contribution in [0.3, 0.4) is 0 Å². The Hall–Kier alpha value is -1.12. The summed E-state index contributed by atoms with van der Waals surface area (Å²) in [5.74, 6) is -1.59. The smallest absolute Gasteiger partial charge is 0.181 e. The molecular weight excluding hydrogens is 208 g/mol. The van der Waals surface area contributed by atoms with Gasteiger partial charge in [0.15, 0.2) is 11.6 Å². The third kappa shape index (κ3) is 3.80. The van der Waals surface area contributed by atoms with Gasteiger partial charge in [-0.3, -0.25) is 0 Å². The zero-order valence-electron chi connectivity index (χ0n) is 9.89. The highest BCUT2D eigenvalue weighted by Crippen LogP contribution is 2.18. The molecule has 90 valence electrons. The van der Waals surface area contributed by atoms with Gasteiger partial charge in [0.2, 0.25) is 0 Å². The van der Waals surface area contributed by atoms with Crippen LogP contribution in [0.4, 0.5) is 14.5 Å². The fraction of sp³-hybridized carbons (Fsp3) is 0.538. The summed E-state index contributed by atoms with van der Waals surface area (Å²) in [6, 6.07) is 4.37. The van der Waals surface area contributed by atoms with E-state index in [-0.39, 0.29) is 11.7 Å². The largest absolute Gasteiger partial charge is 0.380 e. The van der Waals surface area contributed by atoms with E-state index in [1.54, 1.807) is 6.07 Å². The van der Waals surface area contributed by atoms with Gasteiger partial charge < -0.3 is 5.32 Å². The van der Waals surface area contributed by atoms with Crippen LogP contribution in [0.1, 0.15) is 39.5 Å². The Balaban J connectivity index is 2.49. The number of unbranched alkanes of at least 4 members (excludes halogenated alkanes) is 2. The fourth-order valence-electron chi connectivity index (χ4n) is 1.65. The summed E-state index contributed by atoms with van der Waals surface area (Å²) < 4.78 is 26.2. The summed E-state index contributed by atoms with van der Waals surface area (Å²) in [6.07, 6.45) is 4.43. The van der Waals surface area contributed by atoms with Crippen molar-refractivity contribution in [3.63, 3.8) is 0 Å². The van der Waals surface area contributed by atoms with E-state index in [0.29, 0.717) is 0 Å². The molecule has 1 aromatic rings. The lowest BCUT2D eigenvalue weighted by Crippen LogP contribution is -2.16. The molecule has 1 N–H and O–H groups in total. The van der Waals surface area contributed by atoms with Crippen LogP contribution in [-0.2, 0) is 0 Å². The van der Waals surface area contributed by atoms with Gasteiger partial charge in [-0.1, -0.05) is 32.3 Å². The molecule has 16 heavy (non-hydrogen) atoms. The van der Waals surface area contributed by atoms with Crippen LogP contribution in [0.2, 0.25) is 0 Å². The van der Waals surface area contributed by atoms with Crippen molar-refractivity contribution in [3.8, 4) is 0 Å². The van der Waals surface area contributed by atoms with E-state index in [9.17, 15) is 8.78 Å². The van der Waals surface area contributed by atoms with Crippen molar-refractivity contribution in [2.75, 3.05) is 5.32 Å². The molecule has 0 saturated heterocycles. The SMILES string of the molecule is CCCCCC(C)Nc1cccc(F)c1F. The summed E-state index contributed by atoms with van der Waals surface area (Å²) in [7, 11) is 0. The Labute approximate surface area is 95.9 Å². The van der Waals surface area contributed by atoms with E-state index >= 15 is 0 Å². The first-order valence-electron chi connectivity index (χ1n) is 5.85. The van der Waals surface area contributed by atoms with Crippen molar-refractivity contribution in [2.45, 2.75) is 45.6 Å². The molecule has 0 heterocycles. The molecule has 0 fully saturated rings. The summed E-state index contributed by atoms with van der Waals surface area (Å²) >= 11 is 0. The van der Waals surface area contributed by atoms with Crippen molar-refractivity contribution in [1.82, 2.24) is 0 Å². The van der Waals surface area contributed by atoms with Crippen molar-refractivity contribution >= 4 is 5.69 Å². The van der Waals surface area contributed by atoms with E-state index in [0.717, 1.165) is 18.9 Å². The molecule has 1 rings (SSSR count). The van der Waals surface area contributed by atoms with Gasteiger partial charge in [0.1, 0.15) is 0 Å². The monoisotopic (exact) mass is 227 g/mol. The molecular formula is C13H19F2N. The first-order valence-corrected chi connectivity index (χ1v) is 5.85. The van der Waals surface area contributed by atoms with E-state index in [2.05, 4.69) is 12.2 Å². The van der Waals surface area contributed by atoms with Crippen LogP contribution >= 0.6 is 0 Å². The van der Waals surface area contributed by atoms with Crippen LogP contribution in [0.5, 0.6) is 0 Å². The molecule has 1 unspecified atom stereocenters. The van der Waals surface area contributed by atoms with Gasteiger partial charge >= 0.3 is 0 Å². The zero-order chi connectivity index (χ0) is 12.0. The average Bonchev–Trinajstić information content (AvgIpc) is 2.25. The molecule has 1 aromatic carbocycles. The molecule has 0 radical (unpaired) electrons. The number of hydrogen-bond acceptors (Lipinski definition) is 1. The van der Waals surface area contributed by atoms with E-state index in [1.807, 2.05) is 6.92 Å². The number of hydrogen-bond donors (Lipinski definition) is 1. The van der Waals surface area contributed by atoms with Gasteiger partial charge in [0.05, 0.1) is 5.69 Å². The topological polar surface area (TPSA) is 12.0 Å². The minimum absolute atomic E-state index is 0.169. The summed E-state index contributed by atoms with van der Waals surface area (Å²) in [5.41, 5.74) is 0.254. The molecule has 0 aromatic heterocycles. The minimum atomic E-state index is -0.800. The molecule has 3 heteroatoms. The normalized spacial score (nSPS) is 12.5. The maximum atomic E-state index is 13.3. The van der Waals surface area contributed by atoms with E-state index < -0.39 is 11.6 Å². The number of benzene rings is 1. The van der Waals surface area contributed by atoms with Gasteiger partial charge in [-0.25, -0.2) is 8.78 Å². The lowest BCUT2D eigenvalue weighted by atomic mass is 10.1. The van der Waals surface area contributed by atoms with Crippen LogP contribution < -0.4 is 5.32 Å². The van der Waals surface area contributed by atoms with Gasteiger partial charge in [0, 0.05) is 6.04 Å². The van der Waals surface area contributed by atoms with E-state index in [4.69, 9.17) is 0 Å². The van der Waals surface area contributed by atoms with E-state index in [1.165, 1.54) is 18.9 Å². The Morgan fingerprint density at radius 3 is 2.69 bits per heavy atom. The quantitative estimate of drug-likeness (QED) is 0.712. The highest BCUT2D eigenvalue weighted by molar-refractivity contribution is 5.45. The first kappa shape index (κ1) is 12.9. The molecule has 0 aliphatic rings. The second-order valence-electron chi connectivity index (χ2n) is 4.14. The zero-order valence-corrected chi connectivity index (χ0v) is 9.89. The Morgan fingerprint density at radius 1 is 1.25 bits per heavy atom. The highest BCUT2D eigenvalue weighted by Gasteiger charge is 2.09. The second kappa shape index (κ2) is 6.46. The Kier molecular flexibility index (Phi) is 5.23. The molecule has 0 amide bonds. The van der Waals surface area contributed by atoms with Crippen molar-refractivity contribution in [2.24, 2.45) is 0 Å². The minimum Gasteiger partial charge on any atom is -0.380 e. The highest BCUT2D eigenvalue weighted by atomic mass is 19.2. The Bertz CT molecular complexity index is 326. The maximum Gasteiger partial charge on any atom is 0.181 e. The third-order valence-corrected chi connectivity index (χ3v) is 2.59. The lowest BCUT2D eigenvalue weighted by molar-refractivity contribution is 0.508. The third-order valence-electron chi connectivity index (χ3n) is 2.59. The summed E-state index contributed by atoms with van der Waals surface area (Å²) in [6.45, 7) is 4.13. The van der Waals surface area contributed by atoms with Crippen LogP contribution in [-0.4, -0.2) is 6.04 Å². The number of nitrogens with one attached hydrogen (secondary N) is 1. The maximum absolute atomic E-state index is 13.3. The predicted molar refractivity (Wildman–Crippen MR) is 63.6 cm³/mol. The molecule has 0 aliphatic carbocycles. The Morgan fingerprint density at radius 2 is 2.00 bits per heavy atom. The first-order chi connectivity index (χ1) is 7.65. The summed E-state index contributed by atoms with van der Waals surface area (Å²) in [5, 5.41) is 2.99. The second-order valence-corrected chi connectivity index (χ2v) is 4.14. The van der Waals surface area contributed by atoms with Crippen LogP contribution in [0.15, 0.2) is 18.2 Å². The fourth-order valence-corrected chi connectivity index (χ4v) is 1.65. The number of anilines is 1. The lowest BCUT2D eigenvalue weighted by Gasteiger charge is -2.15. The van der Waals surface area contributed by atoms with Crippen LogP contribution in [0, 0.1) is 11.6 Å². The molecule has 0 saturated carbocycles. The van der Waals surface area contributed by atoms with Crippen molar-refractivity contribution < 1.29 is 8.78 Å². The number of rotatable bonds is 6. The molecule has 1 nitrogen and oxygen atoms in total. The van der Waals surface area contributed by atoms with Gasteiger partial charge in [-0.05, 0) is 25.5 Å². The summed E-state index contributed by atoms with van der Waals surface area (Å²) in [4.78, 5) is 0. The van der Waals surface area contributed by atoms with Crippen LogP contribution in [0.25, 0.3) is 0 Å². The molecule has 0 spiro atoms. The predicted octanol–water partition coefficient (Wildman–Crippen LogP) is 4.35. The van der Waals surface area contributed by atoms with Gasteiger partial charge in [-0.15, -0.1) is 0 Å². The van der Waals surface area contributed by atoms with Gasteiger partial charge in [0.25, 0.3) is 0 Å². The standard InChI is InChI=1S/C13H19F2N/c1-3-4-5-7-10(2)16-12-9-6-8-11(14)13(12)15/h6,8-10,16H,3-5,7H2,1-2H3. The molecule has 0 bridgehead atoms. The van der Waals surface area contributed by atoms with Gasteiger partial charge in [-0.2, -0.15) is 0 Å². The molecule has 0 aliphatic heterocycles. The van der Waals surface area contributed by atoms with Crippen molar-refractivity contribution in [3.05, 3.63) is 29.8 Å². The molecule has 1 atom stereocenters.